The predicted molar refractivity (Wildman–Crippen MR) is 183 cm³/mol. The van der Waals surface area contributed by atoms with Gasteiger partial charge in [0.25, 0.3) is 11.8 Å². The average molecular weight is 733 g/mol. The van der Waals surface area contributed by atoms with Gasteiger partial charge in [-0.15, -0.1) is 0 Å². The van der Waals surface area contributed by atoms with Gasteiger partial charge in [-0.25, -0.2) is 9.86 Å². The Bertz CT molecular complexity index is 1540. The lowest BCUT2D eigenvalue weighted by atomic mass is 9.90. The molecule has 2 aromatic rings. The number of hydrogen-bond donors (Lipinski definition) is 5. The number of carboxylic acid groups (broad SMARTS) is 1. The van der Waals surface area contributed by atoms with Crippen LogP contribution in [0.5, 0.6) is 5.75 Å². The number of amides is 4. The Morgan fingerprint density at radius 2 is 1.65 bits per heavy atom. The summed E-state index contributed by atoms with van der Waals surface area (Å²) in [6, 6.07) is 4.87. The molecule has 0 saturated heterocycles. The van der Waals surface area contributed by atoms with Crippen LogP contribution in [0.25, 0.3) is 11.3 Å². The van der Waals surface area contributed by atoms with Crippen LogP contribution >= 0.6 is 0 Å². The van der Waals surface area contributed by atoms with Crippen molar-refractivity contribution >= 4 is 42.0 Å². The van der Waals surface area contributed by atoms with E-state index in [4.69, 9.17) is 18.6 Å². The number of esters is 2. The molecule has 3 atom stereocenters. The van der Waals surface area contributed by atoms with Gasteiger partial charge in [0.05, 0.1) is 43.1 Å². The lowest BCUT2D eigenvalue weighted by molar-refractivity contribution is -0.171. The van der Waals surface area contributed by atoms with E-state index in [9.17, 15) is 43.9 Å². The zero-order valence-electron chi connectivity index (χ0n) is 30.0. The van der Waals surface area contributed by atoms with Gasteiger partial charge >= 0.3 is 17.9 Å². The van der Waals surface area contributed by atoms with E-state index in [0.29, 0.717) is 29.9 Å². The minimum atomic E-state index is -1.62. The van der Waals surface area contributed by atoms with Gasteiger partial charge in [-0.05, 0) is 44.0 Å². The van der Waals surface area contributed by atoms with Crippen LogP contribution in [-0.2, 0) is 33.4 Å². The van der Waals surface area contributed by atoms with Gasteiger partial charge in [-0.3, -0.25) is 34.0 Å². The Morgan fingerprint density at radius 3 is 2.27 bits per heavy atom. The average Bonchev–Trinajstić information content (AvgIpc) is 3.61. The standard InChI is InChI=1S/C35H48N4O13/c1-6-9-10-11-23(26(7-2)39(48)19-40)31(43)36-18-37-33(45)28-15-14-27(52-28)22-12-13-24(29(16-22)49-8-3)32(44)38-25(17-30(41)42)35(47)51-20-50-34(46)21(4)5/h12-16,19,21,23,25-26,48H,6-11,17-18,20H2,1-5H3,(H,36,43)(H,37,45)(H,38,44)(H,41,42)/t23?,25?,26-/m1/s1. The van der Waals surface area contributed by atoms with Crippen molar-refractivity contribution in [2.24, 2.45) is 11.8 Å². The minimum absolute atomic E-state index is 0.0453. The summed E-state index contributed by atoms with van der Waals surface area (Å²) in [5, 5.41) is 27.3. The Hall–Kier alpha value is -5.45. The third-order valence-electron chi connectivity index (χ3n) is 7.78. The first kappa shape index (κ1) is 42.7. The number of carbonyl (C=O) groups excluding carboxylic acids is 6. The third-order valence-corrected chi connectivity index (χ3v) is 7.78. The van der Waals surface area contributed by atoms with E-state index in [-0.39, 0.29) is 42.5 Å². The lowest BCUT2D eigenvalue weighted by Gasteiger charge is -2.29. The summed E-state index contributed by atoms with van der Waals surface area (Å²) in [6.07, 6.45) is 2.74. The molecule has 52 heavy (non-hydrogen) atoms. The number of hydroxylamine groups is 2. The second-order valence-corrected chi connectivity index (χ2v) is 11.9. The highest BCUT2D eigenvalue weighted by molar-refractivity contribution is 6.00. The van der Waals surface area contributed by atoms with Crippen LogP contribution < -0.4 is 20.7 Å². The van der Waals surface area contributed by atoms with E-state index in [1.165, 1.54) is 30.3 Å². The van der Waals surface area contributed by atoms with E-state index in [1.54, 1.807) is 27.7 Å². The van der Waals surface area contributed by atoms with Gasteiger partial charge in [-0.2, -0.15) is 0 Å². The zero-order chi connectivity index (χ0) is 38.8. The van der Waals surface area contributed by atoms with E-state index < -0.39 is 72.8 Å². The summed E-state index contributed by atoms with van der Waals surface area (Å²) in [5.74, 6) is -6.08. The Labute approximate surface area is 301 Å². The van der Waals surface area contributed by atoms with Crippen molar-refractivity contribution in [2.45, 2.75) is 85.2 Å². The molecule has 286 valence electrons. The molecule has 4 amide bonds. The van der Waals surface area contributed by atoms with Gasteiger partial charge < -0.3 is 39.7 Å². The summed E-state index contributed by atoms with van der Waals surface area (Å²) in [7, 11) is 0. The number of rotatable bonds is 23. The van der Waals surface area contributed by atoms with Crippen LogP contribution in [0.1, 0.15) is 94.1 Å². The van der Waals surface area contributed by atoms with Crippen LogP contribution in [0.2, 0.25) is 0 Å². The van der Waals surface area contributed by atoms with Crippen LogP contribution in [0.3, 0.4) is 0 Å². The van der Waals surface area contributed by atoms with Crippen LogP contribution in [0.15, 0.2) is 34.7 Å². The molecule has 1 aromatic carbocycles. The molecule has 0 radical (unpaired) electrons. The number of carbonyl (C=O) groups is 7. The molecule has 1 heterocycles. The molecule has 0 fully saturated rings. The molecule has 0 saturated carbocycles. The first-order chi connectivity index (χ1) is 24.8. The molecular weight excluding hydrogens is 684 g/mol. The van der Waals surface area contributed by atoms with Gasteiger partial charge in [0.1, 0.15) is 17.6 Å². The molecule has 17 nitrogen and oxygen atoms in total. The molecule has 5 N–H and O–H groups in total. The number of unbranched alkanes of at least 4 members (excludes halogenated alkanes) is 2. The van der Waals surface area contributed by atoms with E-state index in [2.05, 4.69) is 16.0 Å². The summed E-state index contributed by atoms with van der Waals surface area (Å²) >= 11 is 0. The SMILES string of the molecule is CCCCCC(C(=O)NCNC(=O)c1ccc(-c2ccc(C(=O)NC(CC(=O)O)C(=O)OCOC(=O)C(C)C)c(OCC)c2)o1)[C@@H](CC)N(O)C=O. The van der Waals surface area contributed by atoms with Crippen molar-refractivity contribution in [1.29, 1.82) is 0 Å². The van der Waals surface area contributed by atoms with Crippen molar-refractivity contribution in [2.75, 3.05) is 20.1 Å². The van der Waals surface area contributed by atoms with E-state index in [0.717, 1.165) is 12.8 Å². The minimum Gasteiger partial charge on any atom is -0.493 e. The van der Waals surface area contributed by atoms with Crippen molar-refractivity contribution in [3.05, 3.63) is 41.7 Å². The van der Waals surface area contributed by atoms with Crippen molar-refractivity contribution in [1.82, 2.24) is 21.0 Å². The topological polar surface area (TPSA) is 240 Å². The molecule has 0 bridgehead atoms. The maximum absolute atomic E-state index is 13.2. The molecule has 0 aliphatic heterocycles. The largest absolute Gasteiger partial charge is 0.493 e. The predicted octanol–water partition coefficient (Wildman–Crippen LogP) is 3.24. The van der Waals surface area contributed by atoms with Crippen molar-refractivity contribution < 1.29 is 62.5 Å². The van der Waals surface area contributed by atoms with Gasteiger partial charge in [-0.1, -0.05) is 53.0 Å². The number of hydrogen-bond acceptors (Lipinski definition) is 12. The fourth-order valence-electron chi connectivity index (χ4n) is 5.05. The number of benzene rings is 1. The number of nitrogens with one attached hydrogen (secondary N) is 3. The second kappa shape index (κ2) is 21.7. The summed E-state index contributed by atoms with van der Waals surface area (Å²) < 4.78 is 21.0. The first-order valence-electron chi connectivity index (χ1n) is 17.0. The second-order valence-electron chi connectivity index (χ2n) is 11.9. The quantitative estimate of drug-likeness (QED) is 0.0276. The van der Waals surface area contributed by atoms with Crippen molar-refractivity contribution in [3.8, 4) is 17.1 Å². The molecule has 0 spiro atoms. The van der Waals surface area contributed by atoms with E-state index >= 15 is 0 Å². The lowest BCUT2D eigenvalue weighted by Crippen LogP contribution is -2.47. The highest BCUT2D eigenvalue weighted by atomic mass is 16.7. The Balaban J connectivity index is 2.13. The summed E-state index contributed by atoms with van der Waals surface area (Å²) in [4.78, 5) is 85.8. The van der Waals surface area contributed by atoms with Gasteiger partial charge in [0, 0.05) is 5.56 Å². The van der Waals surface area contributed by atoms with Crippen LogP contribution in [0, 0.1) is 11.8 Å². The number of aliphatic carboxylic acids is 1. The molecule has 17 heteroatoms. The fourth-order valence-corrected chi connectivity index (χ4v) is 5.05. The normalized spacial score (nSPS) is 12.5. The van der Waals surface area contributed by atoms with E-state index in [1.807, 2.05) is 6.92 Å². The number of carboxylic acids is 1. The van der Waals surface area contributed by atoms with Crippen LogP contribution in [0.4, 0.5) is 0 Å². The number of furan rings is 1. The van der Waals surface area contributed by atoms with Gasteiger partial charge in [0.2, 0.25) is 19.1 Å². The summed E-state index contributed by atoms with van der Waals surface area (Å²) in [6.45, 7) is 7.70. The maximum atomic E-state index is 13.2. The fraction of sp³-hybridized carbons (Fsp3) is 0.514. The highest BCUT2D eigenvalue weighted by Crippen LogP contribution is 2.29. The number of ether oxygens (including phenoxy) is 3. The smallest absolute Gasteiger partial charge is 0.332 e. The summed E-state index contributed by atoms with van der Waals surface area (Å²) in [5.41, 5.74) is 0.362. The maximum Gasteiger partial charge on any atom is 0.332 e. The molecular formula is C35H48N4O13. The first-order valence-corrected chi connectivity index (χ1v) is 17.0. The molecule has 0 aliphatic carbocycles. The molecule has 2 rings (SSSR count). The van der Waals surface area contributed by atoms with Crippen LogP contribution in [-0.4, -0.2) is 89.6 Å². The Kier molecular flexibility index (Phi) is 17.8. The molecule has 2 unspecified atom stereocenters. The third kappa shape index (κ3) is 13.0. The van der Waals surface area contributed by atoms with Gasteiger partial charge in [0.15, 0.2) is 5.76 Å². The Morgan fingerprint density at radius 1 is 0.942 bits per heavy atom. The van der Waals surface area contributed by atoms with Crippen molar-refractivity contribution in [3.63, 3.8) is 0 Å². The molecule has 1 aromatic heterocycles. The monoisotopic (exact) mass is 732 g/mol. The zero-order valence-corrected chi connectivity index (χ0v) is 30.0. The highest BCUT2D eigenvalue weighted by Gasteiger charge is 2.31. The number of nitrogens with zero attached hydrogens (tertiary/aromatic N) is 1. The molecule has 0 aliphatic rings.